The number of epoxide rings is 1. The summed E-state index contributed by atoms with van der Waals surface area (Å²) < 4.78 is 28.7. The highest BCUT2D eigenvalue weighted by Gasteiger charge is 2.68. The van der Waals surface area contributed by atoms with Crippen LogP contribution in [0, 0.1) is 5.92 Å². The SMILES string of the molecule is C=C(C(CC(O)C(C)(C)OC)OC(=O)C(C)=CC)C1CC2OC2(C)C(OC(C)=O)C1OC(=O)C(C)=CC. The molecule has 7 unspecified atom stereocenters. The highest BCUT2D eigenvalue weighted by molar-refractivity contribution is 5.88. The van der Waals surface area contributed by atoms with Gasteiger partial charge in [0.2, 0.25) is 0 Å². The molecular formula is C28H42O9. The van der Waals surface area contributed by atoms with Crippen LogP contribution in [0.25, 0.3) is 0 Å². The first-order valence-electron chi connectivity index (χ1n) is 12.6. The van der Waals surface area contributed by atoms with Gasteiger partial charge in [-0.05, 0) is 60.5 Å². The van der Waals surface area contributed by atoms with Crippen LogP contribution in [-0.4, -0.2) is 71.8 Å². The molecule has 0 radical (unpaired) electrons. The number of fused-ring (bicyclic) bond motifs is 1. The fourth-order valence-electron chi connectivity index (χ4n) is 4.39. The van der Waals surface area contributed by atoms with E-state index in [1.165, 1.54) is 14.0 Å². The number of ether oxygens (including phenoxy) is 5. The number of hydrogen-bond donors (Lipinski definition) is 1. The highest BCUT2D eigenvalue weighted by Crippen LogP contribution is 2.53. The third kappa shape index (κ3) is 6.89. The second-order valence-electron chi connectivity index (χ2n) is 10.5. The zero-order valence-electron chi connectivity index (χ0n) is 23.5. The van der Waals surface area contributed by atoms with Crippen molar-refractivity contribution in [2.24, 2.45) is 5.92 Å². The summed E-state index contributed by atoms with van der Waals surface area (Å²) in [6.45, 7) is 17.5. The van der Waals surface area contributed by atoms with E-state index >= 15 is 0 Å². The van der Waals surface area contributed by atoms with E-state index in [4.69, 9.17) is 23.7 Å². The molecule has 0 bridgehead atoms. The summed E-state index contributed by atoms with van der Waals surface area (Å²) >= 11 is 0. The van der Waals surface area contributed by atoms with Gasteiger partial charge in [-0.2, -0.15) is 0 Å². The number of carbonyl (C=O) groups is 3. The smallest absolute Gasteiger partial charge is 0.333 e. The Balaban J connectivity index is 2.49. The summed E-state index contributed by atoms with van der Waals surface area (Å²) in [6.07, 6.45) is -0.418. The van der Waals surface area contributed by atoms with E-state index < -0.39 is 59.4 Å². The molecule has 0 spiro atoms. The standard InChI is InChI=1S/C28H42O9/c1-11-15(3)25(31)35-20(14-21(30)27(7,8)33-10)17(5)19-13-22-28(9,37-22)24(34-18(6)29)23(19)36-26(32)16(4)12-2/h11-12,19-24,30H,5,13-14H2,1-4,6-10H3. The Labute approximate surface area is 219 Å². The van der Waals surface area contributed by atoms with E-state index in [0.717, 1.165) is 0 Å². The molecule has 0 aromatic heterocycles. The maximum atomic E-state index is 12.8. The Kier molecular flexibility index (Phi) is 9.90. The first-order valence-corrected chi connectivity index (χ1v) is 12.6. The van der Waals surface area contributed by atoms with Crippen molar-refractivity contribution in [3.8, 4) is 0 Å². The monoisotopic (exact) mass is 522 g/mol. The Bertz CT molecular complexity index is 963. The summed E-state index contributed by atoms with van der Waals surface area (Å²) in [5.74, 6) is -2.25. The number of allylic oxidation sites excluding steroid dienone is 2. The minimum absolute atomic E-state index is 0.00547. The lowest BCUT2D eigenvalue weighted by Crippen LogP contribution is -2.54. The van der Waals surface area contributed by atoms with Crippen molar-refractivity contribution in [3.05, 3.63) is 35.5 Å². The Morgan fingerprint density at radius 3 is 2.19 bits per heavy atom. The molecule has 1 saturated carbocycles. The first kappa shape index (κ1) is 30.7. The number of hydrogen-bond acceptors (Lipinski definition) is 9. The van der Waals surface area contributed by atoms with Crippen LogP contribution in [0.3, 0.4) is 0 Å². The van der Waals surface area contributed by atoms with Crippen LogP contribution in [0.1, 0.15) is 68.2 Å². The molecule has 1 aliphatic carbocycles. The number of methoxy groups -OCH3 is 1. The molecule has 1 heterocycles. The van der Waals surface area contributed by atoms with Gasteiger partial charge in [0.15, 0.2) is 6.10 Å². The second kappa shape index (κ2) is 11.9. The Morgan fingerprint density at radius 2 is 1.68 bits per heavy atom. The number of esters is 3. The molecule has 0 amide bonds. The molecule has 1 saturated heterocycles. The molecule has 0 aromatic carbocycles. The van der Waals surface area contributed by atoms with Gasteiger partial charge in [-0.3, -0.25) is 4.79 Å². The highest BCUT2D eigenvalue weighted by atomic mass is 16.7. The van der Waals surface area contributed by atoms with E-state index in [0.29, 0.717) is 23.1 Å². The van der Waals surface area contributed by atoms with Crippen LogP contribution in [0.2, 0.25) is 0 Å². The average molecular weight is 523 g/mol. The van der Waals surface area contributed by atoms with E-state index in [2.05, 4.69) is 6.58 Å². The molecular weight excluding hydrogens is 480 g/mol. The summed E-state index contributed by atoms with van der Waals surface area (Å²) in [6, 6.07) is 0. The van der Waals surface area contributed by atoms with Crippen molar-refractivity contribution in [1.82, 2.24) is 0 Å². The van der Waals surface area contributed by atoms with Crippen LogP contribution >= 0.6 is 0 Å². The van der Waals surface area contributed by atoms with E-state index in [9.17, 15) is 19.5 Å². The Morgan fingerprint density at radius 1 is 1.11 bits per heavy atom. The molecule has 9 heteroatoms. The largest absolute Gasteiger partial charge is 0.455 e. The topological polar surface area (TPSA) is 121 Å². The van der Waals surface area contributed by atoms with Crippen molar-refractivity contribution < 1.29 is 43.2 Å². The molecule has 0 aromatic rings. The molecule has 2 aliphatic rings. The van der Waals surface area contributed by atoms with Crippen molar-refractivity contribution >= 4 is 17.9 Å². The molecule has 1 aliphatic heterocycles. The van der Waals surface area contributed by atoms with Crippen LogP contribution in [0.5, 0.6) is 0 Å². The van der Waals surface area contributed by atoms with Gasteiger partial charge in [0, 0.05) is 37.5 Å². The van der Waals surface area contributed by atoms with Gasteiger partial charge in [0.25, 0.3) is 0 Å². The maximum Gasteiger partial charge on any atom is 0.333 e. The number of aliphatic hydroxyl groups excluding tert-OH is 1. The van der Waals surface area contributed by atoms with Gasteiger partial charge in [-0.1, -0.05) is 18.7 Å². The zero-order chi connectivity index (χ0) is 28.3. The summed E-state index contributed by atoms with van der Waals surface area (Å²) in [5.41, 5.74) is -0.541. The predicted octanol–water partition coefficient (Wildman–Crippen LogP) is 3.58. The van der Waals surface area contributed by atoms with Gasteiger partial charge in [0.1, 0.15) is 17.8 Å². The molecule has 2 fully saturated rings. The predicted molar refractivity (Wildman–Crippen MR) is 136 cm³/mol. The minimum atomic E-state index is -1.01. The fourth-order valence-corrected chi connectivity index (χ4v) is 4.39. The lowest BCUT2D eigenvalue weighted by Gasteiger charge is -2.41. The first-order chi connectivity index (χ1) is 17.1. The molecule has 208 valence electrons. The van der Waals surface area contributed by atoms with Crippen LogP contribution in [0.4, 0.5) is 0 Å². The van der Waals surface area contributed by atoms with Gasteiger partial charge >= 0.3 is 17.9 Å². The normalized spacial score (nSPS) is 29.5. The van der Waals surface area contributed by atoms with Crippen molar-refractivity contribution in [1.29, 1.82) is 0 Å². The Hall–Kier alpha value is -2.49. The fraction of sp³-hybridized carbons (Fsp3) is 0.679. The van der Waals surface area contributed by atoms with E-state index in [1.807, 2.05) is 6.92 Å². The van der Waals surface area contributed by atoms with Gasteiger partial charge in [0.05, 0.1) is 17.8 Å². The third-order valence-electron chi connectivity index (χ3n) is 7.66. The van der Waals surface area contributed by atoms with E-state index in [-0.39, 0.29) is 12.5 Å². The number of aliphatic hydroxyl groups is 1. The molecule has 1 N–H and O–H groups in total. The molecule has 7 atom stereocenters. The van der Waals surface area contributed by atoms with Gasteiger partial charge in [-0.25, -0.2) is 9.59 Å². The van der Waals surface area contributed by atoms with Gasteiger partial charge in [-0.15, -0.1) is 0 Å². The number of rotatable bonds is 11. The lowest BCUT2D eigenvalue weighted by atomic mass is 9.73. The van der Waals surface area contributed by atoms with Gasteiger partial charge < -0.3 is 28.8 Å². The van der Waals surface area contributed by atoms with Crippen LogP contribution in [0.15, 0.2) is 35.5 Å². The summed E-state index contributed by atoms with van der Waals surface area (Å²) in [5, 5.41) is 10.9. The quantitative estimate of drug-likeness (QED) is 0.143. The van der Waals surface area contributed by atoms with Crippen molar-refractivity contribution in [2.75, 3.05) is 7.11 Å². The van der Waals surface area contributed by atoms with Crippen LogP contribution < -0.4 is 0 Å². The minimum Gasteiger partial charge on any atom is -0.455 e. The van der Waals surface area contributed by atoms with Crippen molar-refractivity contribution in [3.63, 3.8) is 0 Å². The van der Waals surface area contributed by atoms with E-state index in [1.54, 1.807) is 53.7 Å². The molecule has 37 heavy (non-hydrogen) atoms. The zero-order valence-corrected chi connectivity index (χ0v) is 23.5. The van der Waals surface area contributed by atoms with Crippen LogP contribution in [-0.2, 0) is 38.1 Å². The third-order valence-corrected chi connectivity index (χ3v) is 7.66. The maximum absolute atomic E-state index is 12.8. The molecule has 9 nitrogen and oxygen atoms in total. The summed E-state index contributed by atoms with van der Waals surface area (Å²) in [7, 11) is 1.48. The van der Waals surface area contributed by atoms with Crippen molar-refractivity contribution in [2.45, 2.75) is 110 Å². The summed E-state index contributed by atoms with van der Waals surface area (Å²) in [4.78, 5) is 37.6. The lowest BCUT2D eigenvalue weighted by molar-refractivity contribution is -0.176. The average Bonchev–Trinajstić information content (AvgIpc) is 3.53. The number of carbonyl (C=O) groups excluding carboxylic acids is 3. The molecule has 2 rings (SSSR count). The second-order valence-corrected chi connectivity index (χ2v) is 10.5.